The molecule has 162 valence electrons. The number of nitrogens with one attached hydrogen (secondary N) is 1. The molecule has 0 aliphatic carbocycles. The van der Waals surface area contributed by atoms with E-state index in [4.69, 9.17) is 9.47 Å². The van der Waals surface area contributed by atoms with Gasteiger partial charge in [-0.2, -0.15) is 18.3 Å². The van der Waals surface area contributed by atoms with E-state index in [2.05, 4.69) is 26.5 Å². The SMILES string of the molecule is CCOc1cc(/C=N/Nc2ccccc2C(F)(F)F)cc(Br)c1OCC(=O)N(C)C. The monoisotopic (exact) mass is 487 g/mol. The zero-order valence-electron chi connectivity index (χ0n) is 16.6. The molecule has 0 saturated heterocycles. The Morgan fingerprint density at radius 2 is 1.93 bits per heavy atom. The fourth-order valence-electron chi connectivity index (χ4n) is 2.33. The lowest BCUT2D eigenvalue weighted by Gasteiger charge is -2.16. The van der Waals surface area contributed by atoms with Crippen LogP contribution < -0.4 is 14.9 Å². The molecule has 1 N–H and O–H groups in total. The van der Waals surface area contributed by atoms with Crippen LogP contribution in [0.1, 0.15) is 18.1 Å². The van der Waals surface area contributed by atoms with Crippen molar-refractivity contribution in [2.45, 2.75) is 13.1 Å². The van der Waals surface area contributed by atoms with Gasteiger partial charge in [0.05, 0.1) is 28.5 Å². The number of nitrogens with zero attached hydrogens (tertiary/aromatic N) is 2. The Morgan fingerprint density at radius 1 is 1.23 bits per heavy atom. The third-order valence-corrected chi connectivity index (χ3v) is 4.39. The second kappa shape index (κ2) is 10.3. The van der Waals surface area contributed by atoms with Gasteiger partial charge in [0, 0.05) is 14.1 Å². The second-order valence-corrected chi connectivity index (χ2v) is 7.11. The molecule has 0 unspecified atom stereocenters. The molecule has 10 heteroatoms. The number of anilines is 1. The Labute approximate surface area is 180 Å². The maximum absolute atomic E-state index is 13.1. The standard InChI is InChI=1S/C20H21BrF3N3O3/c1-4-29-17-10-13(9-15(21)19(17)30-12-18(28)27(2)3)11-25-26-16-8-6-5-7-14(16)20(22,23)24/h5-11,26H,4,12H2,1-3H3/b25-11+. The zero-order valence-corrected chi connectivity index (χ0v) is 18.2. The first kappa shape index (κ1) is 23.5. The van der Waals surface area contributed by atoms with E-state index in [1.165, 1.54) is 29.3 Å². The number of hydrogen-bond acceptors (Lipinski definition) is 5. The van der Waals surface area contributed by atoms with Crippen molar-refractivity contribution in [2.24, 2.45) is 5.10 Å². The fraction of sp³-hybridized carbons (Fsp3) is 0.300. The summed E-state index contributed by atoms with van der Waals surface area (Å²) in [4.78, 5) is 13.2. The molecule has 0 fully saturated rings. The van der Waals surface area contributed by atoms with Crippen molar-refractivity contribution in [3.63, 3.8) is 0 Å². The number of hydrazone groups is 1. The molecule has 2 aromatic carbocycles. The van der Waals surface area contributed by atoms with Gasteiger partial charge in [0.25, 0.3) is 5.91 Å². The molecule has 0 spiro atoms. The van der Waals surface area contributed by atoms with E-state index < -0.39 is 11.7 Å². The molecule has 0 aliphatic heterocycles. The van der Waals surface area contributed by atoms with Crippen molar-refractivity contribution in [3.05, 3.63) is 52.0 Å². The quantitative estimate of drug-likeness (QED) is 0.429. The van der Waals surface area contributed by atoms with Crippen LogP contribution in [0.5, 0.6) is 11.5 Å². The van der Waals surface area contributed by atoms with Gasteiger partial charge in [-0.15, -0.1) is 0 Å². The van der Waals surface area contributed by atoms with Crippen molar-refractivity contribution >= 4 is 33.7 Å². The third-order valence-electron chi connectivity index (χ3n) is 3.80. The zero-order chi connectivity index (χ0) is 22.3. The van der Waals surface area contributed by atoms with Gasteiger partial charge in [0.15, 0.2) is 18.1 Å². The van der Waals surface area contributed by atoms with Crippen molar-refractivity contribution in [2.75, 3.05) is 32.7 Å². The van der Waals surface area contributed by atoms with Gasteiger partial charge in [0.2, 0.25) is 0 Å². The number of benzene rings is 2. The summed E-state index contributed by atoms with van der Waals surface area (Å²) >= 11 is 3.37. The van der Waals surface area contributed by atoms with E-state index in [0.29, 0.717) is 28.1 Å². The summed E-state index contributed by atoms with van der Waals surface area (Å²) in [6.07, 6.45) is -3.14. The number of ether oxygens (including phenoxy) is 2. The van der Waals surface area contributed by atoms with E-state index in [0.717, 1.165) is 6.07 Å². The Hall–Kier alpha value is -2.75. The lowest BCUT2D eigenvalue weighted by Crippen LogP contribution is -2.27. The van der Waals surface area contributed by atoms with Gasteiger partial charge >= 0.3 is 6.18 Å². The molecule has 0 aromatic heterocycles. The van der Waals surface area contributed by atoms with Crippen LogP contribution in [0.15, 0.2) is 46.0 Å². The highest BCUT2D eigenvalue weighted by atomic mass is 79.9. The molecular formula is C20H21BrF3N3O3. The van der Waals surface area contributed by atoms with Crippen LogP contribution in [0, 0.1) is 0 Å². The molecule has 0 bridgehead atoms. The number of hydrogen-bond donors (Lipinski definition) is 1. The van der Waals surface area contributed by atoms with Crippen molar-refractivity contribution < 1.29 is 27.4 Å². The van der Waals surface area contributed by atoms with Crippen LogP contribution in [0.3, 0.4) is 0 Å². The molecule has 1 amide bonds. The van der Waals surface area contributed by atoms with Crippen LogP contribution in [0.4, 0.5) is 18.9 Å². The average molecular weight is 488 g/mol. The molecule has 2 rings (SSSR count). The molecule has 0 radical (unpaired) electrons. The molecule has 0 aliphatic rings. The highest BCUT2D eigenvalue weighted by Crippen LogP contribution is 2.37. The predicted octanol–water partition coefficient (Wildman–Crippen LogP) is 4.78. The van der Waals surface area contributed by atoms with Crippen LogP contribution in [0.25, 0.3) is 0 Å². The molecule has 2 aromatic rings. The van der Waals surface area contributed by atoms with E-state index in [1.54, 1.807) is 33.2 Å². The first-order chi connectivity index (χ1) is 14.1. The summed E-state index contributed by atoms with van der Waals surface area (Å²) in [5.74, 6) is 0.498. The summed E-state index contributed by atoms with van der Waals surface area (Å²) in [5.41, 5.74) is 2.00. The summed E-state index contributed by atoms with van der Waals surface area (Å²) in [6, 6.07) is 8.33. The Bertz CT molecular complexity index is 918. The maximum atomic E-state index is 13.1. The number of alkyl halides is 3. The number of amides is 1. The summed E-state index contributed by atoms with van der Waals surface area (Å²) < 4.78 is 50.8. The molecule has 6 nitrogen and oxygen atoms in total. The number of likely N-dealkylation sites (N-methyl/N-ethyl adjacent to an activating group) is 1. The Kier molecular flexibility index (Phi) is 8.10. The summed E-state index contributed by atoms with van der Waals surface area (Å²) in [6.45, 7) is 1.97. The largest absolute Gasteiger partial charge is 0.490 e. The first-order valence-corrected chi connectivity index (χ1v) is 9.67. The number of para-hydroxylation sites is 1. The molecule has 0 saturated carbocycles. The predicted molar refractivity (Wildman–Crippen MR) is 112 cm³/mol. The highest BCUT2D eigenvalue weighted by Gasteiger charge is 2.33. The second-order valence-electron chi connectivity index (χ2n) is 6.25. The van der Waals surface area contributed by atoms with Crippen LogP contribution in [-0.4, -0.2) is 44.3 Å². The normalized spacial score (nSPS) is 11.4. The third kappa shape index (κ3) is 6.38. The maximum Gasteiger partial charge on any atom is 0.418 e. The van der Waals surface area contributed by atoms with Gasteiger partial charge in [-0.3, -0.25) is 10.2 Å². The lowest BCUT2D eigenvalue weighted by molar-refractivity contribution is -0.137. The molecule has 0 heterocycles. The van der Waals surface area contributed by atoms with Gasteiger partial charge in [-0.25, -0.2) is 0 Å². The minimum atomic E-state index is -4.49. The van der Waals surface area contributed by atoms with Gasteiger partial charge < -0.3 is 14.4 Å². The van der Waals surface area contributed by atoms with E-state index in [1.807, 2.05) is 0 Å². The minimum absolute atomic E-state index is 0.160. The first-order valence-electron chi connectivity index (χ1n) is 8.88. The van der Waals surface area contributed by atoms with Crippen molar-refractivity contribution in [1.82, 2.24) is 4.90 Å². The van der Waals surface area contributed by atoms with Gasteiger partial charge in [-0.05, 0) is 52.7 Å². The Morgan fingerprint density at radius 3 is 2.57 bits per heavy atom. The minimum Gasteiger partial charge on any atom is -0.490 e. The topological polar surface area (TPSA) is 63.2 Å². The smallest absolute Gasteiger partial charge is 0.418 e. The van der Waals surface area contributed by atoms with Crippen LogP contribution in [-0.2, 0) is 11.0 Å². The molecule has 30 heavy (non-hydrogen) atoms. The van der Waals surface area contributed by atoms with Gasteiger partial charge in [-0.1, -0.05) is 12.1 Å². The average Bonchev–Trinajstić information content (AvgIpc) is 2.67. The van der Waals surface area contributed by atoms with E-state index in [9.17, 15) is 18.0 Å². The van der Waals surface area contributed by atoms with Crippen LogP contribution in [0.2, 0.25) is 0 Å². The summed E-state index contributed by atoms with van der Waals surface area (Å²) in [7, 11) is 3.24. The number of carbonyl (C=O) groups excluding carboxylic acids is 1. The highest BCUT2D eigenvalue weighted by molar-refractivity contribution is 9.10. The van der Waals surface area contributed by atoms with Crippen molar-refractivity contribution in [3.8, 4) is 11.5 Å². The number of rotatable bonds is 8. The Balaban J connectivity index is 2.22. The molecular weight excluding hydrogens is 467 g/mol. The number of carbonyl (C=O) groups is 1. The lowest BCUT2D eigenvalue weighted by atomic mass is 10.2. The van der Waals surface area contributed by atoms with Gasteiger partial charge in [0.1, 0.15) is 0 Å². The number of halogens is 4. The van der Waals surface area contributed by atoms with Crippen LogP contribution >= 0.6 is 15.9 Å². The van der Waals surface area contributed by atoms with E-state index >= 15 is 0 Å². The summed E-state index contributed by atoms with van der Waals surface area (Å²) in [5, 5.41) is 3.90. The molecule has 0 atom stereocenters. The van der Waals surface area contributed by atoms with Crippen molar-refractivity contribution in [1.29, 1.82) is 0 Å². The van der Waals surface area contributed by atoms with E-state index in [-0.39, 0.29) is 18.2 Å². The fourth-order valence-corrected chi connectivity index (χ4v) is 2.91.